The van der Waals surface area contributed by atoms with Crippen molar-refractivity contribution in [3.8, 4) is 0 Å². The Morgan fingerprint density at radius 2 is 2.00 bits per heavy atom. The van der Waals surface area contributed by atoms with E-state index in [-0.39, 0.29) is 5.60 Å². The largest absolute Gasteiger partial charge is 0.368 e. The van der Waals surface area contributed by atoms with Gasteiger partial charge in [0, 0.05) is 0 Å². The van der Waals surface area contributed by atoms with Gasteiger partial charge in [0.25, 0.3) is 0 Å². The molecule has 0 aliphatic heterocycles. The average molecular weight is 160 g/mol. The number of hydroxylamine groups is 1. The Balaban J connectivity index is 3.63. The van der Waals surface area contributed by atoms with Crippen LogP contribution in [0.4, 0.5) is 0 Å². The van der Waals surface area contributed by atoms with Gasteiger partial charge in [-0.1, -0.05) is 0 Å². The Labute approximate surface area is 67.0 Å². The van der Waals surface area contributed by atoms with Crippen LogP contribution in [-0.4, -0.2) is 17.6 Å². The molecule has 0 spiro atoms. The summed E-state index contributed by atoms with van der Waals surface area (Å²) in [5, 5.41) is 0. The van der Waals surface area contributed by atoms with Crippen LogP contribution in [0.15, 0.2) is 0 Å². The lowest BCUT2D eigenvalue weighted by Crippen LogP contribution is -2.42. The van der Waals surface area contributed by atoms with E-state index < -0.39 is 11.9 Å². The van der Waals surface area contributed by atoms with E-state index in [1.165, 1.54) is 0 Å². The lowest BCUT2D eigenvalue weighted by molar-refractivity contribution is -0.130. The molecule has 0 aliphatic rings. The lowest BCUT2D eigenvalue weighted by atomic mass is 10.2. The molecule has 0 aromatic rings. The lowest BCUT2D eigenvalue weighted by Gasteiger charge is -2.21. The van der Waals surface area contributed by atoms with Crippen molar-refractivity contribution < 1.29 is 9.63 Å². The van der Waals surface area contributed by atoms with Crippen molar-refractivity contribution in [1.29, 1.82) is 0 Å². The number of rotatable bonds is 3. The second-order valence-corrected chi connectivity index (χ2v) is 3.46. The minimum Gasteiger partial charge on any atom is -0.368 e. The number of hydrogen-bond donors (Lipinski definition) is 2. The number of carbonyl (C=O) groups excluding carboxylic acids is 1. The highest BCUT2D eigenvalue weighted by Gasteiger charge is 2.14. The standard InChI is InChI=1S/C7H16N2O2/c1-5(6(8)10)9-11-7(2,3)4/h5,9H,1-4H3,(H2,8,10). The fraction of sp³-hybridized carbons (Fsp3) is 0.857. The van der Waals surface area contributed by atoms with Crippen LogP contribution in [0.5, 0.6) is 0 Å². The molecule has 1 atom stereocenters. The number of primary amides is 1. The quantitative estimate of drug-likeness (QED) is 0.579. The second kappa shape index (κ2) is 3.69. The molecule has 0 aromatic carbocycles. The summed E-state index contributed by atoms with van der Waals surface area (Å²) in [5.41, 5.74) is 7.23. The van der Waals surface area contributed by atoms with Crippen LogP contribution in [0.1, 0.15) is 27.7 Å². The summed E-state index contributed by atoms with van der Waals surface area (Å²) >= 11 is 0. The molecule has 11 heavy (non-hydrogen) atoms. The maximum absolute atomic E-state index is 10.5. The first kappa shape index (κ1) is 10.4. The van der Waals surface area contributed by atoms with E-state index in [1.807, 2.05) is 20.8 Å². The van der Waals surface area contributed by atoms with Gasteiger partial charge in [0.1, 0.15) is 6.04 Å². The van der Waals surface area contributed by atoms with Gasteiger partial charge in [-0.25, -0.2) is 0 Å². The summed E-state index contributed by atoms with van der Waals surface area (Å²) in [6, 6.07) is -0.450. The number of nitrogens with two attached hydrogens (primary N) is 1. The smallest absolute Gasteiger partial charge is 0.236 e. The van der Waals surface area contributed by atoms with Gasteiger partial charge in [-0.3, -0.25) is 9.63 Å². The molecular weight excluding hydrogens is 144 g/mol. The van der Waals surface area contributed by atoms with Crippen molar-refractivity contribution >= 4 is 5.91 Å². The van der Waals surface area contributed by atoms with Crippen LogP contribution < -0.4 is 11.2 Å². The zero-order chi connectivity index (χ0) is 9.07. The van der Waals surface area contributed by atoms with Crippen molar-refractivity contribution in [1.82, 2.24) is 5.48 Å². The second-order valence-electron chi connectivity index (χ2n) is 3.46. The Hall–Kier alpha value is -0.610. The van der Waals surface area contributed by atoms with E-state index in [9.17, 15) is 4.79 Å². The average Bonchev–Trinajstić information content (AvgIpc) is 1.80. The first-order chi connectivity index (χ1) is 4.83. The monoisotopic (exact) mass is 160 g/mol. The molecule has 0 bridgehead atoms. The number of carbonyl (C=O) groups is 1. The topological polar surface area (TPSA) is 64.3 Å². The minimum atomic E-state index is -0.450. The van der Waals surface area contributed by atoms with Crippen molar-refractivity contribution in [2.45, 2.75) is 39.3 Å². The van der Waals surface area contributed by atoms with Crippen LogP contribution in [0.25, 0.3) is 0 Å². The van der Waals surface area contributed by atoms with Crippen molar-refractivity contribution in [2.75, 3.05) is 0 Å². The zero-order valence-electron chi connectivity index (χ0n) is 7.47. The van der Waals surface area contributed by atoms with Crippen LogP contribution in [-0.2, 0) is 9.63 Å². The maximum atomic E-state index is 10.5. The highest BCUT2D eigenvalue weighted by atomic mass is 16.7. The maximum Gasteiger partial charge on any atom is 0.236 e. The summed E-state index contributed by atoms with van der Waals surface area (Å²) in [7, 11) is 0. The summed E-state index contributed by atoms with van der Waals surface area (Å²) in [5.74, 6) is -0.422. The van der Waals surface area contributed by atoms with Crippen molar-refractivity contribution in [2.24, 2.45) is 5.73 Å². The van der Waals surface area contributed by atoms with Crippen LogP contribution >= 0.6 is 0 Å². The Morgan fingerprint density at radius 1 is 1.55 bits per heavy atom. The molecule has 0 fully saturated rings. The van der Waals surface area contributed by atoms with Crippen molar-refractivity contribution in [3.63, 3.8) is 0 Å². The summed E-state index contributed by atoms with van der Waals surface area (Å²) < 4.78 is 0. The molecule has 0 heterocycles. The van der Waals surface area contributed by atoms with Crippen LogP contribution in [0.3, 0.4) is 0 Å². The number of nitrogens with one attached hydrogen (secondary N) is 1. The van der Waals surface area contributed by atoms with Gasteiger partial charge < -0.3 is 5.73 Å². The molecule has 0 saturated heterocycles. The summed E-state index contributed by atoms with van der Waals surface area (Å²) in [6.07, 6.45) is 0. The molecule has 1 amide bonds. The zero-order valence-corrected chi connectivity index (χ0v) is 7.47. The molecule has 0 radical (unpaired) electrons. The number of amides is 1. The fourth-order valence-corrected chi connectivity index (χ4v) is 0.323. The first-order valence-corrected chi connectivity index (χ1v) is 3.56. The van der Waals surface area contributed by atoms with Crippen molar-refractivity contribution in [3.05, 3.63) is 0 Å². The molecule has 0 rings (SSSR count). The predicted octanol–water partition coefficient (Wildman–Crippen LogP) is 0.180. The van der Waals surface area contributed by atoms with Gasteiger partial charge in [0.15, 0.2) is 0 Å². The highest BCUT2D eigenvalue weighted by Crippen LogP contribution is 2.03. The van der Waals surface area contributed by atoms with Gasteiger partial charge in [-0.05, 0) is 27.7 Å². The van der Waals surface area contributed by atoms with Gasteiger partial charge >= 0.3 is 0 Å². The predicted molar refractivity (Wildman–Crippen MR) is 42.6 cm³/mol. The molecule has 0 saturated carbocycles. The molecule has 4 heteroatoms. The first-order valence-electron chi connectivity index (χ1n) is 3.56. The normalized spacial score (nSPS) is 14.5. The Morgan fingerprint density at radius 3 is 2.27 bits per heavy atom. The molecule has 0 aliphatic carbocycles. The molecule has 0 aromatic heterocycles. The third-order valence-corrected chi connectivity index (χ3v) is 0.969. The Kier molecular flexibility index (Phi) is 3.48. The molecule has 1 unspecified atom stereocenters. The van der Waals surface area contributed by atoms with Crippen LogP contribution in [0, 0.1) is 0 Å². The highest BCUT2D eigenvalue weighted by molar-refractivity contribution is 5.79. The minimum absolute atomic E-state index is 0.302. The molecular formula is C7H16N2O2. The third-order valence-electron chi connectivity index (χ3n) is 0.969. The van der Waals surface area contributed by atoms with Gasteiger partial charge in [-0.15, -0.1) is 0 Å². The van der Waals surface area contributed by atoms with Gasteiger partial charge in [0.2, 0.25) is 5.91 Å². The fourth-order valence-electron chi connectivity index (χ4n) is 0.323. The molecule has 4 nitrogen and oxygen atoms in total. The number of hydrogen-bond acceptors (Lipinski definition) is 3. The summed E-state index contributed by atoms with van der Waals surface area (Å²) in [6.45, 7) is 7.29. The molecule has 3 N–H and O–H groups in total. The van der Waals surface area contributed by atoms with Crippen LogP contribution in [0.2, 0.25) is 0 Å². The SMILES string of the molecule is CC(NOC(C)(C)C)C(N)=O. The summed E-state index contributed by atoms with van der Waals surface area (Å²) in [4.78, 5) is 15.6. The third kappa shape index (κ3) is 5.82. The van der Waals surface area contributed by atoms with E-state index in [0.717, 1.165) is 0 Å². The van der Waals surface area contributed by atoms with Gasteiger partial charge in [-0.2, -0.15) is 5.48 Å². The van der Waals surface area contributed by atoms with E-state index in [4.69, 9.17) is 10.6 Å². The van der Waals surface area contributed by atoms with E-state index in [1.54, 1.807) is 6.92 Å². The molecule has 66 valence electrons. The van der Waals surface area contributed by atoms with E-state index in [0.29, 0.717) is 0 Å². The van der Waals surface area contributed by atoms with E-state index in [2.05, 4.69) is 5.48 Å². The van der Waals surface area contributed by atoms with Gasteiger partial charge in [0.05, 0.1) is 5.60 Å². The Bertz CT molecular complexity index is 140. The van der Waals surface area contributed by atoms with E-state index >= 15 is 0 Å².